The van der Waals surface area contributed by atoms with Gasteiger partial charge in [-0.15, -0.1) is 0 Å². The van der Waals surface area contributed by atoms with Crippen LogP contribution in [0.15, 0.2) is 30.3 Å². The summed E-state index contributed by atoms with van der Waals surface area (Å²) >= 11 is 0. The van der Waals surface area contributed by atoms with Crippen molar-refractivity contribution in [3.63, 3.8) is 0 Å². The van der Waals surface area contributed by atoms with Crippen molar-refractivity contribution in [2.24, 2.45) is 5.92 Å². The van der Waals surface area contributed by atoms with Gasteiger partial charge in [-0.2, -0.15) is 0 Å². The van der Waals surface area contributed by atoms with Gasteiger partial charge in [0.1, 0.15) is 5.82 Å². The minimum Gasteiger partial charge on any atom is -0.389 e. The topological polar surface area (TPSA) is 40.5 Å². The number of nitrogens with zero attached hydrogens (tertiary/aromatic N) is 1. The Morgan fingerprint density at radius 2 is 2.14 bits per heavy atom. The number of carbonyl (C=O) groups is 1. The first-order valence-corrected chi connectivity index (χ1v) is 8.02. The highest BCUT2D eigenvalue weighted by molar-refractivity contribution is 5.91. The lowest BCUT2D eigenvalue weighted by molar-refractivity contribution is -0.138. The Morgan fingerprint density at radius 1 is 1.32 bits per heavy atom. The maximum absolute atomic E-state index is 13.5. The SMILES string of the molecule is O=C(/C=C/c1ccccc1F)N1CC[C@]2(O)CCCC[C@H]2C1. The van der Waals surface area contributed by atoms with Crippen LogP contribution in [-0.2, 0) is 4.79 Å². The van der Waals surface area contributed by atoms with Crippen molar-refractivity contribution in [3.05, 3.63) is 41.7 Å². The number of halogens is 1. The van der Waals surface area contributed by atoms with E-state index in [0.717, 1.165) is 25.7 Å². The molecule has 2 aliphatic rings. The maximum Gasteiger partial charge on any atom is 0.246 e. The number of hydrogen-bond acceptors (Lipinski definition) is 2. The number of benzene rings is 1. The van der Waals surface area contributed by atoms with Gasteiger partial charge in [-0.3, -0.25) is 4.79 Å². The van der Waals surface area contributed by atoms with Gasteiger partial charge in [0.25, 0.3) is 0 Å². The Morgan fingerprint density at radius 3 is 2.95 bits per heavy atom. The van der Waals surface area contributed by atoms with Crippen LogP contribution < -0.4 is 0 Å². The fraction of sp³-hybridized carbons (Fsp3) is 0.500. The molecule has 0 radical (unpaired) electrons. The maximum atomic E-state index is 13.5. The second-order valence-electron chi connectivity index (χ2n) is 6.44. The molecule has 4 heteroatoms. The van der Waals surface area contributed by atoms with E-state index in [4.69, 9.17) is 0 Å². The fourth-order valence-electron chi connectivity index (χ4n) is 3.65. The molecule has 1 heterocycles. The molecule has 1 amide bonds. The molecule has 1 saturated carbocycles. The second-order valence-corrected chi connectivity index (χ2v) is 6.44. The Bertz CT molecular complexity index is 586. The average Bonchev–Trinajstić information content (AvgIpc) is 2.53. The number of aliphatic hydroxyl groups is 1. The Kier molecular flexibility index (Phi) is 4.30. The molecule has 118 valence electrons. The number of fused-ring (bicyclic) bond motifs is 1. The molecule has 1 aliphatic carbocycles. The zero-order valence-corrected chi connectivity index (χ0v) is 12.7. The van der Waals surface area contributed by atoms with Crippen molar-refractivity contribution in [2.45, 2.75) is 37.7 Å². The largest absolute Gasteiger partial charge is 0.389 e. The molecule has 1 aromatic rings. The van der Waals surface area contributed by atoms with Crippen LogP contribution in [0.5, 0.6) is 0 Å². The molecule has 0 aromatic heterocycles. The third kappa shape index (κ3) is 3.07. The lowest BCUT2D eigenvalue weighted by atomic mass is 9.71. The van der Waals surface area contributed by atoms with Crippen LogP contribution >= 0.6 is 0 Å². The molecular weight excluding hydrogens is 281 g/mol. The summed E-state index contributed by atoms with van der Waals surface area (Å²) in [5.41, 5.74) is -0.161. The Hall–Kier alpha value is -1.68. The number of carbonyl (C=O) groups excluding carboxylic acids is 1. The van der Waals surface area contributed by atoms with Crippen LogP contribution in [-0.4, -0.2) is 34.6 Å². The van der Waals surface area contributed by atoms with Crippen molar-refractivity contribution in [1.29, 1.82) is 0 Å². The summed E-state index contributed by atoms with van der Waals surface area (Å²) in [6.45, 7) is 1.18. The van der Waals surface area contributed by atoms with Gasteiger partial charge in [-0.1, -0.05) is 31.0 Å². The van der Waals surface area contributed by atoms with Gasteiger partial charge in [0.15, 0.2) is 0 Å². The van der Waals surface area contributed by atoms with Gasteiger partial charge < -0.3 is 10.0 Å². The summed E-state index contributed by atoms with van der Waals surface area (Å²) in [4.78, 5) is 14.1. The summed E-state index contributed by atoms with van der Waals surface area (Å²) in [5, 5.41) is 10.6. The third-order valence-corrected chi connectivity index (χ3v) is 5.05. The first-order valence-electron chi connectivity index (χ1n) is 8.02. The molecule has 0 unspecified atom stereocenters. The van der Waals surface area contributed by atoms with Crippen molar-refractivity contribution in [3.8, 4) is 0 Å². The van der Waals surface area contributed by atoms with Gasteiger partial charge in [0, 0.05) is 30.6 Å². The van der Waals surface area contributed by atoms with Gasteiger partial charge in [-0.25, -0.2) is 4.39 Å². The van der Waals surface area contributed by atoms with Crippen molar-refractivity contribution >= 4 is 12.0 Å². The summed E-state index contributed by atoms with van der Waals surface area (Å²) in [5.74, 6) is -0.247. The summed E-state index contributed by atoms with van der Waals surface area (Å²) in [7, 11) is 0. The zero-order valence-electron chi connectivity index (χ0n) is 12.7. The van der Waals surface area contributed by atoms with Crippen LogP contribution in [0.3, 0.4) is 0 Å². The minimum absolute atomic E-state index is 0.101. The van der Waals surface area contributed by atoms with E-state index in [1.165, 1.54) is 18.2 Å². The van der Waals surface area contributed by atoms with E-state index in [-0.39, 0.29) is 17.6 Å². The van der Waals surface area contributed by atoms with E-state index in [2.05, 4.69) is 0 Å². The van der Waals surface area contributed by atoms with Gasteiger partial charge in [0.2, 0.25) is 5.91 Å². The summed E-state index contributed by atoms with van der Waals surface area (Å²) in [6, 6.07) is 6.40. The number of likely N-dealkylation sites (tertiary alicyclic amines) is 1. The number of hydrogen-bond donors (Lipinski definition) is 1. The van der Waals surface area contributed by atoms with Crippen molar-refractivity contribution < 1.29 is 14.3 Å². The van der Waals surface area contributed by atoms with E-state index >= 15 is 0 Å². The standard InChI is InChI=1S/C18H22FNO2/c19-16-7-2-1-5-14(16)8-9-17(21)20-12-11-18(22)10-4-3-6-15(18)13-20/h1-2,5,7-9,15,22H,3-4,6,10-13H2/b9-8+/t15-,18+/m0/s1. The lowest BCUT2D eigenvalue weighted by Crippen LogP contribution is -2.54. The Labute approximate surface area is 130 Å². The predicted molar refractivity (Wildman–Crippen MR) is 83.5 cm³/mol. The fourth-order valence-corrected chi connectivity index (χ4v) is 3.65. The quantitative estimate of drug-likeness (QED) is 0.853. The first-order chi connectivity index (χ1) is 10.6. The molecule has 0 spiro atoms. The molecule has 2 fully saturated rings. The zero-order chi connectivity index (χ0) is 15.6. The van der Waals surface area contributed by atoms with Gasteiger partial charge in [0.05, 0.1) is 5.60 Å². The monoisotopic (exact) mass is 303 g/mol. The van der Waals surface area contributed by atoms with E-state index in [0.29, 0.717) is 25.1 Å². The highest BCUT2D eigenvalue weighted by Crippen LogP contribution is 2.39. The van der Waals surface area contributed by atoms with Gasteiger partial charge >= 0.3 is 0 Å². The molecule has 0 bridgehead atoms. The minimum atomic E-state index is -0.579. The second kappa shape index (κ2) is 6.21. The molecule has 1 N–H and O–H groups in total. The number of rotatable bonds is 2. The van der Waals surface area contributed by atoms with E-state index < -0.39 is 5.60 Å². The highest BCUT2D eigenvalue weighted by Gasteiger charge is 2.43. The third-order valence-electron chi connectivity index (χ3n) is 5.05. The van der Waals surface area contributed by atoms with Crippen LogP contribution in [0.1, 0.15) is 37.7 Å². The van der Waals surface area contributed by atoms with Gasteiger partial charge in [-0.05, 0) is 31.4 Å². The number of amides is 1. The molecule has 2 atom stereocenters. The van der Waals surface area contributed by atoms with Crippen LogP contribution in [0.4, 0.5) is 4.39 Å². The molecule has 1 aliphatic heterocycles. The normalized spacial score (nSPS) is 28.6. The predicted octanol–water partition coefficient (Wildman–Crippen LogP) is 2.99. The molecule has 1 saturated heterocycles. The van der Waals surface area contributed by atoms with Crippen LogP contribution in [0.2, 0.25) is 0 Å². The Balaban J connectivity index is 1.65. The summed E-state index contributed by atoms with van der Waals surface area (Å²) < 4.78 is 13.5. The molecular formula is C18H22FNO2. The molecule has 1 aromatic carbocycles. The highest BCUT2D eigenvalue weighted by atomic mass is 19.1. The van der Waals surface area contributed by atoms with Crippen molar-refractivity contribution in [2.75, 3.05) is 13.1 Å². The average molecular weight is 303 g/mol. The number of piperidine rings is 1. The van der Waals surface area contributed by atoms with Crippen molar-refractivity contribution in [1.82, 2.24) is 4.90 Å². The van der Waals surface area contributed by atoms with E-state index in [1.54, 1.807) is 23.1 Å². The summed E-state index contributed by atoms with van der Waals surface area (Å²) in [6.07, 6.45) is 7.65. The molecule has 3 nitrogen and oxygen atoms in total. The van der Waals surface area contributed by atoms with Crippen LogP contribution in [0, 0.1) is 11.7 Å². The first kappa shape index (κ1) is 15.2. The molecule has 22 heavy (non-hydrogen) atoms. The van der Waals surface area contributed by atoms with Crippen LogP contribution in [0.25, 0.3) is 6.08 Å². The van der Waals surface area contributed by atoms with E-state index in [9.17, 15) is 14.3 Å². The van der Waals surface area contributed by atoms with E-state index in [1.807, 2.05) is 0 Å². The lowest BCUT2D eigenvalue weighted by Gasteiger charge is -2.47. The smallest absolute Gasteiger partial charge is 0.246 e. The molecule has 3 rings (SSSR count).